The largest absolute Gasteiger partial charge is 0.310 e. The van der Waals surface area contributed by atoms with E-state index < -0.39 is 0 Å². The van der Waals surface area contributed by atoms with E-state index in [1.54, 1.807) is 0 Å². The number of hydrogen-bond acceptors (Lipinski definition) is 0. The predicted molar refractivity (Wildman–Crippen MR) is 224 cm³/mol. The Labute approximate surface area is 308 Å². The van der Waals surface area contributed by atoms with Crippen molar-refractivity contribution < 1.29 is 0 Å². The maximum atomic E-state index is 4.25. The molecule has 0 saturated heterocycles. The minimum atomic E-state index is -0.159. The van der Waals surface area contributed by atoms with Crippen molar-refractivity contribution in [1.82, 2.24) is 9.13 Å². The highest BCUT2D eigenvalue weighted by atomic mass is 15.0. The van der Waals surface area contributed by atoms with Gasteiger partial charge in [-0.05, 0) is 131 Å². The van der Waals surface area contributed by atoms with E-state index in [2.05, 4.69) is 186 Å². The van der Waals surface area contributed by atoms with E-state index in [1.165, 1.54) is 94.5 Å². The van der Waals surface area contributed by atoms with Crippen molar-refractivity contribution in [3.05, 3.63) is 161 Å². The first kappa shape index (κ1) is 32.3. The van der Waals surface area contributed by atoms with Gasteiger partial charge in [-0.3, -0.25) is 0 Å². The van der Waals surface area contributed by atoms with Crippen LogP contribution in [0.5, 0.6) is 0 Å². The Hall–Kier alpha value is -5.60. The number of allylic oxidation sites excluding steroid dienone is 2. The Morgan fingerprint density at radius 3 is 1.63 bits per heavy atom. The minimum absolute atomic E-state index is 0.147. The van der Waals surface area contributed by atoms with Gasteiger partial charge in [0.05, 0.1) is 16.7 Å². The number of hydrogen-bond donors (Lipinski definition) is 0. The topological polar surface area (TPSA) is 9.86 Å². The van der Waals surface area contributed by atoms with Crippen LogP contribution >= 0.6 is 0 Å². The fraction of sp³-hybridized carbons (Fsp3) is 0.200. The molecule has 0 unspecified atom stereocenters. The van der Waals surface area contributed by atoms with Crippen molar-refractivity contribution >= 4 is 40.0 Å². The highest BCUT2D eigenvalue weighted by Crippen LogP contribution is 2.56. The third kappa shape index (κ3) is 4.30. The van der Waals surface area contributed by atoms with Crippen LogP contribution in [0.3, 0.4) is 0 Å². The molecule has 2 aliphatic carbocycles. The maximum Gasteiger partial charge on any atom is 0.0541 e. The van der Waals surface area contributed by atoms with Gasteiger partial charge in [-0.25, -0.2) is 0 Å². The first-order valence-corrected chi connectivity index (χ1v) is 18.8. The Morgan fingerprint density at radius 1 is 0.596 bits per heavy atom. The predicted octanol–water partition coefficient (Wildman–Crippen LogP) is 13.6. The maximum absolute atomic E-state index is 4.25. The smallest absolute Gasteiger partial charge is 0.0541 e. The first-order valence-electron chi connectivity index (χ1n) is 18.8. The quantitative estimate of drug-likeness (QED) is 0.166. The van der Waals surface area contributed by atoms with Gasteiger partial charge in [0.25, 0.3) is 0 Å². The summed E-state index contributed by atoms with van der Waals surface area (Å²) in [5.41, 5.74) is 20.5. The molecule has 2 heteroatoms. The van der Waals surface area contributed by atoms with Crippen molar-refractivity contribution in [3.8, 4) is 33.6 Å². The lowest BCUT2D eigenvalue weighted by Crippen LogP contribution is -2.17. The molecule has 256 valence electrons. The van der Waals surface area contributed by atoms with Gasteiger partial charge in [-0.15, -0.1) is 0 Å². The van der Waals surface area contributed by atoms with Gasteiger partial charge in [0.15, 0.2) is 0 Å². The zero-order valence-corrected chi connectivity index (χ0v) is 31.4. The number of benzene rings is 5. The van der Waals surface area contributed by atoms with Crippen LogP contribution in [0, 0.1) is 6.92 Å². The summed E-state index contributed by atoms with van der Waals surface area (Å²) in [5, 5.41) is 2.55. The molecule has 0 aliphatic heterocycles. The lowest BCUT2D eigenvalue weighted by molar-refractivity contribution is 0.651. The molecule has 2 nitrogen and oxygen atoms in total. The van der Waals surface area contributed by atoms with E-state index in [9.17, 15) is 0 Å². The monoisotopic (exact) mass is 674 g/mol. The molecular weight excluding hydrogens is 629 g/mol. The van der Waals surface area contributed by atoms with Crippen LogP contribution < -0.4 is 0 Å². The lowest BCUT2D eigenvalue weighted by atomic mass is 9.79. The molecule has 0 amide bonds. The number of aromatic nitrogens is 2. The van der Waals surface area contributed by atoms with Gasteiger partial charge in [0.2, 0.25) is 0 Å². The molecule has 0 fully saturated rings. The first-order chi connectivity index (χ1) is 25.1. The molecule has 7 aromatic rings. The summed E-state index contributed by atoms with van der Waals surface area (Å²) in [7, 11) is 0. The number of para-hydroxylation sites is 2. The number of nitrogens with zero attached hydrogens (tertiary/aromatic N) is 2. The second-order valence-corrected chi connectivity index (χ2v) is 15.7. The summed E-state index contributed by atoms with van der Waals surface area (Å²) in [6, 6.07) is 36.8. The van der Waals surface area contributed by atoms with E-state index in [4.69, 9.17) is 0 Å². The summed E-state index contributed by atoms with van der Waals surface area (Å²) in [6.45, 7) is 20.4. The molecule has 0 N–H and O–H groups in total. The summed E-state index contributed by atoms with van der Waals surface area (Å²) in [4.78, 5) is 0. The minimum Gasteiger partial charge on any atom is -0.310 e. The average molecular weight is 675 g/mol. The standard InChI is InChI=1S/C50H46N2/c1-9-12-20-46-31(4)34-18-13-15-21-47(34)52(46)33-24-26-36-40-30-43-39(29-44(40)50(7,8)42(36)28-33)35-25-23-32(27-41(35)49(43,5)6)51-45(11-3)37(17-10-2)38-19-14-16-22-48(38)51/h10-30H,3,9H2,1-2,4-8H3/b17-10-,20-12-. The zero-order valence-electron chi connectivity index (χ0n) is 31.4. The van der Waals surface area contributed by atoms with Crippen LogP contribution in [-0.4, -0.2) is 9.13 Å². The fourth-order valence-electron chi connectivity index (χ4n) is 9.45. The number of aryl methyl sites for hydroxylation is 1. The fourth-order valence-corrected chi connectivity index (χ4v) is 9.45. The van der Waals surface area contributed by atoms with Gasteiger partial charge in [0.1, 0.15) is 0 Å². The van der Waals surface area contributed by atoms with Gasteiger partial charge < -0.3 is 9.13 Å². The van der Waals surface area contributed by atoms with Crippen molar-refractivity contribution in [2.24, 2.45) is 0 Å². The molecule has 0 atom stereocenters. The van der Waals surface area contributed by atoms with Gasteiger partial charge >= 0.3 is 0 Å². The number of fused-ring (bicyclic) bond motifs is 8. The van der Waals surface area contributed by atoms with Crippen LogP contribution in [-0.2, 0) is 10.8 Å². The SMILES string of the molecule is C=Cc1c(/C=C\C)c2ccccc2n1-c1ccc2c(c1)C(C)(C)c1cc3c(cc1-2)C(C)(C)c1cc(-n2c(/C=C\CC)c(C)c4ccccc42)ccc1-3. The number of rotatable bonds is 6. The molecular formula is C50H46N2. The molecule has 2 aliphatic rings. The van der Waals surface area contributed by atoms with Gasteiger partial charge in [-0.1, -0.05) is 108 Å². The van der Waals surface area contributed by atoms with E-state index in [0.29, 0.717) is 0 Å². The van der Waals surface area contributed by atoms with E-state index in [0.717, 1.165) is 12.1 Å². The average Bonchev–Trinajstić information content (AvgIpc) is 3.78. The second-order valence-electron chi connectivity index (χ2n) is 15.7. The molecule has 0 saturated carbocycles. The van der Waals surface area contributed by atoms with Crippen molar-refractivity contribution in [1.29, 1.82) is 0 Å². The Morgan fingerprint density at radius 2 is 1.10 bits per heavy atom. The second kappa shape index (κ2) is 11.5. The third-order valence-electron chi connectivity index (χ3n) is 12.1. The highest BCUT2D eigenvalue weighted by molar-refractivity contribution is 5.96. The van der Waals surface area contributed by atoms with Gasteiger partial charge in [-0.2, -0.15) is 0 Å². The summed E-state index contributed by atoms with van der Waals surface area (Å²) < 4.78 is 4.84. The molecule has 0 bridgehead atoms. The van der Waals surface area contributed by atoms with Gasteiger partial charge in [0, 0.05) is 44.2 Å². The summed E-state index contributed by atoms with van der Waals surface area (Å²) >= 11 is 0. The lowest BCUT2D eigenvalue weighted by Gasteiger charge is -2.24. The Kier molecular flexibility index (Phi) is 7.12. The molecule has 0 radical (unpaired) electrons. The molecule has 0 spiro atoms. The highest BCUT2D eigenvalue weighted by Gasteiger charge is 2.42. The normalized spacial score (nSPS) is 15.1. The zero-order chi connectivity index (χ0) is 36.1. The molecule has 9 rings (SSSR count). The Bertz CT molecular complexity index is 2700. The third-order valence-corrected chi connectivity index (χ3v) is 12.1. The molecule has 5 aromatic carbocycles. The summed E-state index contributed by atoms with van der Waals surface area (Å²) in [6.07, 6.45) is 11.9. The van der Waals surface area contributed by atoms with Crippen LogP contribution in [0.4, 0.5) is 0 Å². The molecule has 2 heterocycles. The van der Waals surface area contributed by atoms with Crippen LogP contribution in [0.2, 0.25) is 0 Å². The molecule has 52 heavy (non-hydrogen) atoms. The van der Waals surface area contributed by atoms with E-state index in [-0.39, 0.29) is 10.8 Å². The van der Waals surface area contributed by atoms with Crippen LogP contribution in [0.1, 0.15) is 92.7 Å². The summed E-state index contributed by atoms with van der Waals surface area (Å²) in [5.74, 6) is 0. The van der Waals surface area contributed by atoms with Crippen molar-refractivity contribution in [3.63, 3.8) is 0 Å². The van der Waals surface area contributed by atoms with Crippen LogP contribution in [0.15, 0.2) is 116 Å². The van der Waals surface area contributed by atoms with Crippen LogP contribution in [0.25, 0.3) is 73.7 Å². The van der Waals surface area contributed by atoms with E-state index >= 15 is 0 Å². The van der Waals surface area contributed by atoms with E-state index in [1.807, 2.05) is 6.08 Å². The molecule has 2 aromatic heterocycles. The Balaban J connectivity index is 1.18. The van der Waals surface area contributed by atoms with Crippen molar-refractivity contribution in [2.75, 3.05) is 0 Å². The van der Waals surface area contributed by atoms with Crippen molar-refractivity contribution in [2.45, 2.75) is 65.7 Å².